The molecule has 0 unspecified atom stereocenters. The van der Waals surface area contributed by atoms with E-state index in [0.29, 0.717) is 17.3 Å². The number of benzene rings is 1. The molecule has 102 valence electrons. The monoisotopic (exact) mass is 282 g/mol. The summed E-state index contributed by atoms with van der Waals surface area (Å²) in [5, 5.41) is 0. The van der Waals surface area contributed by atoms with Gasteiger partial charge in [0.1, 0.15) is 5.82 Å². The van der Waals surface area contributed by atoms with Gasteiger partial charge in [-0.25, -0.2) is 9.37 Å². The van der Waals surface area contributed by atoms with Crippen LogP contribution in [0.4, 0.5) is 4.39 Å². The van der Waals surface area contributed by atoms with Gasteiger partial charge in [-0.2, -0.15) is 0 Å². The minimum absolute atomic E-state index is 0.253. The molecule has 5 heteroatoms. The van der Waals surface area contributed by atoms with Gasteiger partial charge in [-0.3, -0.25) is 0 Å². The molecule has 1 aromatic carbocycles. The number of methoxy groups -OCH3 is 1. The van der Waals surface area contributed by atoms with Gasteiger partial charge in [0.2, 0.25) is 0 Å². The third kappa shape index (κ3) is 2.18. The number of aromatic nitrogens is 2. The first-order valence-electron chi connectivity index (χ1n) is 6.51. The van der Waals surface area contributed by atoms with Crippen molar-refractivity contribution in [1.29, 1.82) is 0 Å². The van der Waals surface area contributed by atoms with Gasteiger partial charge in [0, 0.05) is 18.7 Å². The maximum Gasteiger partial charge on any atom is 0.167 e. The Morgan fingerprint density at radius 1 is 1.47 bits per heavy atom. The molecule has 1 heterocycles. The highest BCUT2D eigenvalue weighted by atomic mass is 35.5. The predicted molar refractivity (Wildman–Crippen MR) is 73.1 cm³/mol. The maximum absolute atomic E-state index is 13.7. The zero-order chi connectivity index (χ0) is 13.4. The van der Waals surface area contributed by atoms with Crippen molar-refractivity contribution in [3.05, 3.63) is 23.8 Å². The van der Waals surface area contributed by atoms with Crippen LogP contribution in [0.2, 0.25) is 0 Å². The zero-order valence-corrected chi connectivity index (χ0v) is 11.6. The zero-order valence-electron chi connectivity index (χ0n) is 10.8. The molecule has 0 saturated heterocycles. The summed E-state index contributed by atoms with van der Waals surface area (Å²) in [6.45, 7) is 0.910. The van der Waals surface area contributed by atoms with Crippen molar-refractivity contribution in [3.8, 4) is 5.75 Å². The van der Waals surface area contributed by atoms with E-state index in [2.05, 4.69) is 9.55 Å². The second-order valence-corrected chi connectivity index (χ2v) is 5.31. The first-order valence-corrected chi connectivity index (χ1v) is 7.05. The Hall–Kier alpha value is -1.29. The summed E-state index contributed by atoms with van der Waals surface area (Å²) in [7, 11) is 1.47. The van der Waals surface area contributed by atoms with Crippen molar-refractivity contribution < 1.29 is 9.13 Å². The predicted octanol–water partition coefficient (Wildman–Crippen LogP) is 3.72. The number of alkyl halides is 1. The van der Waals surface area contributed by atoms with Gasteiger partial charge in [-0.05, 0) is 18.8 Å². The average molecular weight is 283 g/mol. The summed E-state index contributed by atoms with van der Waals surface area (Å²) < 4.78 is 20.8. The van der Waals surface area contributed by atoms with Gasteiger partial charge >= 0.3 is 0 Å². The molecule has 1 saturated carbocycles. The lowest BCUT2D eigenvalue weighted by Crippen LogP contribution is -2.19. The van der Waals surface area contributed by atoms with E-state index in [0.717, 1.165) is 17.9 Å². The molecule has 0 N–H and O–H groups in total. The molecule has 1 aliphatic carbocycles. The lowest BCUT2D eigenvalue weighted by molar-refractivity contribution is 0.277. The topological polar surface area (TPSA) is 27.1 Å². The lowest BCUT2D eigenvalue weighted by atomic mass is 9.85. The van der Waals surface area contributed by atoms with Crippen LogP contribution >= 0.6 is 11.6 Å². The number of halogens is 2. The molecule has 1 aromatic heterocycles. The first kappa shape index (κ1) is 12.7. The van der Waals surface area contributed by atoms with Crippen molar-refractivity contribution in [2.45, 2.75) is 31.7 Å². The van der Waals surface area contributed by atoms with Crippen LogP contribution in [-0.2, 0) is 12.4 Å². The minimum atomic E-state index is -0.385. The standard InChI is InChI=1S/C14H16ClFN2O/c1-19-13-6-12-11(5-10(13)16)17-14(7-15)18(12)8-9-3-2-4-9/h5-6,9H,2-4,7-8H2,1H3. The Morgan fingerprint density at radius 3 is 2.84 bits per heavy atom. The third-order valence-corrected chi connectivity index (χ3v) is 4.12. The quantitative estimate of drug-likeness (QED) is 0.799. The van der Waals surface area contributed by atoms with E-state index in [4.69, 9.17) is 16.3 Å². The highest BCUT2D eigenvalue weighted by molar-refractivity contribution is 6.16. The van der Waals surface area contributed by atoms with Crippen molar-refractivity contribution in [2.24, 2.45) is 5.92 Å². The molecule has 0 atom stereocenters. The van der Waals surface area contributed by atoms with Crippen molar-refractivity contribution in [2.75, 3.05) is 7.11 Å². The molecule has 3 nitrogen and oxygen atoms in total. The van der Waals surface area contributed by atoms with E-state index >= 15 is 0 Å². The largest absolute Gasteiger partial charge is 0.494 e. The Morgan fingerprint density at radius 2 is 2.26 bits per heavy atom. The Bertz CT molecular complexity index is 607. The highest BCUT2D eigenvalue weighted by Gasteiger charge is 2.21. The van der Waals surface area contributed by atoms with Crippen molar-refractivity contribution >= 4 is 22.6 Å². The van der Waals surface area contributed by atoms with Crippen LogP contribution in [-0.4, -0.2) is 16.7 Å². The molecule has 1 aliphatic rings. The van der Waals surface area contributed by atoms with E-state index in [1.165, 1.54) is 32.4 Å². The molecule has 3 rings (SSSR count). The molecule has 0 amide bonds. The number of imidazole rings is 1. The number of rotatable bonds is 4. The van der Waals surface area contributed by atoms with Crippen molar-refractivity contribution in [1.82, 2.24) is 9.55 Å². The molecule has 2 aromatic rings. The van der Waals surface area contributed by atoms with E-state index in [9.17, 15) is 4.39 Å². The molecule has 1 fully saturated rings. The fourth-order valence-electron chi connectivity index (χ4n) is 2.57. The number of hydrogen-bond donors (Lipinski definition) is 0. The third-order valence-electron chi connectivity index (χ3n) is 3.89. The summed E-state index contributed by atoms with van der Waals surface area (Å²) in [6.07, 6.45) is 3.80. The molecule has 0 spiro atoms. The first-order chi connectivity index (χ1) is 9.22. The summed E-state index contributed by atoms with van der Waals surface area (Å²) >= 11 is 5.95. The molecule has 19 heavy (non-hydrogen) atoms. The Kier molecular flexibility index (Phi) is 3.35. The molecular formula is C14H16ClFN2O. The van der Waals surface area contributed by atoms with Crippen LogP contribution < -0.4 is 4.74 Å². The molecule has 0 bridgehead atoms. The van der Waals surface area contributed by atoms with Crippen LogP contribution in [0.3, 0.4) is 0 Å². The summed E-state index contributed by atoms with van der Waals surface area (Å²) in [4.78, 5) is 4.41. The fourth-order valence-corrected chi connectivity index (χ4v) is 2.78. The minimum Gasteiger partial charge on any atom is -0.494 e. The number of ether oxygens (including phenoxy) is 1. The van der Waals surface area contributed by atoms with Crippen LogP contribution in [0.5, 0.6) is 5.75 Å². The Labute approximate surface area is 116 Å². The maximum atomic E-state index is 13.7. The van der Waals surface area contributed by atoms with Gasteiger partial charge in [-0.1, -0.05) is 6.42 Å². The SMILES string of the molecule is COc1cc2c(cc1F)nc(CCl)n2CC1CCC1. The number of fused-ring (bicyclic) bond motifs is 1. The molecular weight excluding hydrogens is 267 g/mol. The van der Waals surface area contributed by atoms with Crippen LogP contribution in [0.25, 0.3) is 11.0 Å². The van der Waals surface area contributed by atoms with Gasteiger partial charge < -0.3 is 9.30 Å². The number of nitrogens with zero attached hydrogens (tertiary/aromatic N) is 2. The summed E-state index contributed by atoms with van der Waals surface area (Å²) in [5.74, 6) is 1.70. The smallest absolute Gasteiger partial charge is 0.167 e. The average Bonchev–Trinajstić information content (AvgIpc) is 2.69. The summed E-state index contributed by atoms with van der Waals surface area (Å²) in [6, 6.07) is 3.13. The molecule has 0 radical (unpaired) electrons. The van der Waals surface area contributed by atoms with Crippen LogP contribution in [0.1, 0.15) is 25.1 Å². The van der Waals surface area contributed by atoms with Crippen molar-refractivity contribution in [3.63, 3.8) is 0 Å². The Balaban J connectivity index is 2.10. The normalized spacial score (nSPS) is 15.7. The van der Waals surface area contributed by atoms with Crippen LogP contribution in [0.15, 0.2) is 12.1 Å². The van der Waals surface area contributed by atoms with E-state index in [1.807, 2.05) is 0 Å². The fraction of sp³-hybridized carbons (Fsp3) is 0.500. The summed E-state index contributed by atoms with van der Waals surface area (Å²) in [5.41, 5.74) is 1.55. The van der Waals surface area contributed by atoms with Gasteiger partial charge in [-0.15, -0.1) is 11.6 Å². The van der Waals surface area contributed by atoms with Crippen LogP contribution in [0, 0.1) is 11.7 Å². The second-order valence-electron chi connectivity index (χ2n) is 5.04. The second kappa shape index (κ2) is 5.00. The van der Waals surface area contributed by atoms with E-state index in [1.54, 1.807) is 6.07 Å². The van der Waals surface area contributed by atoms with Gasteiger partial charge in [0.15, 0.2) is 11.6 Å². The lowest BCUT2D eigenvalue weighted by Gasteiger charge is -2.26. The van der Waals surface area contributed by atoms with E-state index in [-0.39, 0.29) is 11.6 Å². The molecule has 0 aliphatic heterocycles. The van der Waals surface area contributed by atoms with Gasteiger partial charge in [0.05, 0.1) is 24.0 Å². The highest BCUT2D eigenvalue weighted by Crippen LogP contribution is 2.32. The number of hydrogen-bond acceptors (Lipinski definition) is 2. The van der Waals surface area contributed by atoms with E-state index < -0.39 is 0 Å². The van der Waals surface area contributed by atoms with Gasteiger partial charge in [0.25, 0.3) is 0 Å².